The van der Waals surface area contributed by atoms with Gasteiger partial charge in [-0.1, -0.05) is 0 Å². The maximum Gasteiger partial charge on any atom is 0.239 e. The molecule has 0 saturated heterocycles. The van der Waals surface area contributed by atoms with Crippen molar-refractivity contribution in [2.24, 2.45) is 0 Å². The smallest absolute Gasteiger partial charge is 0.239 e. The zero-order valence-corrected chi connectivity index (χ0v) is 10.5. The van der Waals surface area contributed by atoms with Gasteiger partial charge in [-0.15, -0.1) is 11.3 Å². The molecule has 0 atom stereocenters. The molecule has 4 nitrogen and oxygen atoms in total. The Morgan fingerprint density at radius 1 is 1.62 bits per heavy atom. The number of aldehydes is 1. The molecular weight excluding hydrogens is 224 g/mol. The molecule has 0 aliphatic heterocycles. The lowest BCUT2D eigenvalue weighted by molar-refractivity contribution is -0.120. The maximum absolute atomic E-state index is 11.5. The summed E-state index contributed by atoms with van der Waals surface area (Å²) in [7, 11) is 1.83. The fourth-order valence-corrected chi connectivity index (χ4v) is 2.03. The first-order valence-corrected chi connectivity index (χ1v) is 5.95. The molecule has 16 heavy (non-hydrogen) atoms. The van der Waals surface area contributed by atoms with Crippen LogP contribution in [0.2, 0.25) is 0 Å². The Labute approximate surface area is 99.3 Å². The number of nitrogens with one attached hydrogen (secondary N) is 1. The summed E-state index contributed by atoms with van der Waals surface area (Å²) < 4.78 is 0. The number of carbonyl (C=O) groups is 2. The number of carbonyl (C=O) groups excluding carboxylic acids is 2. The Kier molecular flexibility index (Phi) is 4.49. The van der Waals surface area contributed by atoms with Crippen molar-refractivity contribution in [3.05, 3.63) is 16.3 Å². The summed E-state index contributed by atoms with van der Waals surface area (Å²) in [4.78, 5) is 24.5. The van der Waals surface area contributed by atoms with Crippen molar-refractivity contribution in [2.45, 2.75) is 19.9 Å². The van der Waals surface area contributed by atoms with E-state index in [0.29, 0.717) is 11.4 Å². The molecule has 0 fully saturated rings. The molecule has 5 heteroatoms. The van der Waals surface area contributed by atoms with Gasteiger partial charge < -0.3 is 10.2 Å². The Balaban J connectivity index is 2.54. The third-order valence-electron chi connectivity index (χ3n) is 1.99. The van der Waals surface area contributed by atoms with Gasteiger partial charge >= 0.3 is 0 Å². The topological polar surface area (TPSA) is 49.4 Å². The highest BCUT2D eigenvalue weighted by Gasteiger charge is 2.09. The molecule has 1 rings (SSSR count). The number of amides is 1. The minimum atomic E-state index is -0.0173. The zero-order chi connectivity index (χ0) is 12.1. The average Bonchev–Trinajstić information content (AvgIpc) is 2.64. The van der Waals surface area contributed by atoms with Crippen LogP contribution in [-0.2, 0) is 4.79 Å². The van der Waals surface area contributed by atoms with Crippen LogP contribution in [0.1, 0.15) is 23.5 Å². The second-order valence-corrected chi connectivity index (χ2v) is 4.85. The van der Waals surface area contributed by atoms with Crippen molar-refractivity contribution >= 4 is 29.2 Å². The summed E-state index contributed by atoms with van der Waals surface area (Å²) >= 11 is 1.38. The Morgan fingerprint density at radius 2 is 2.31 bits per heavy atom. The molecular formula is C11H16N2O2S. The minimum Gasteiger partial charge on any atom is -0.365 e. The van der Waals surface area contributed by atoms with E-state index in [0.717, 1.165) is 12.0 Å². The standard InChI is InChI=1S/C11H16N2O2S/c1-8(2)12-11(15)5-13(3)9-4-10(6-14)16-7-9/h4,6-8H,5H2,1-3H3,(H,12,15). The first-order valence-electron chi connectivity index (χ1n) is 5.07. The van der Waals surface area contributed by atoms with Gasteiger partial charge in [-0.2, -0.15) is 0 Å². The minimum absolute atomic E-state index is 0.0173. The molecule has 1 aromatic heterocycles. The molecule has 0 unspecified atom stereocenters. The highest BCUT2D eigenvalue weighted by Crippen LogP contribution is 2.20. The highest BCUT2D eigenvalue weighted by molar-refractivity contribution is 7.12. The van der Waals surface area contributed by atoms with Crippen LogP contribution in [0.4, 0.5) is 5.69 Å². The van der Waals surface area contributed by atoms with E-state index in [1.807, 2.05) is 31.2 Å². The third-order valence-corrected chi connectivity index (χ3v) is 2.84. The SMILES string of the molecule is CC(C)NC(=O)CN(C)c1csc(C=O)c1. The number of rotatable bonds is 5. The van der Waals surface area contributed by atoms with Crippen molar-refractivity contribution in [3.8, 4) is 0 Å². The molecule has 1 aromatic rings. The molecule has 0 radical (unpaired) electrons. The van der Waals surface area contributed by atoms with Crippen LogP contribution in [0.5, 0.6) is 0 Å². The highest BCUT2D eigenvalue weighted by atomic mass is 32.1. The average molecular weight is 240 g/mol. The summed E-state index contributed by atoms with van der Waals surface area (Å²) in [6.45, 7) is 4.15. The van der Waals surface area contributed by atoms with Crippen LogP contribution in [0, 0.1) is 0 Å². The molecule has 0 aromatic carbocycles. The summed E-state index contributed by atoms with van der Waals surface area (Å²) in [5, 5.41) is 4.68. The fourth-order valence-electron chi connectivity index (χ4n) is 1.28. The predicted octanol–water partition coefficient (Wildman–Crippen LogP) is 1.52. The lowest BCUT2D eigenvalue weighted by atomic mass is 10.3. The van der Waals surface area contributed by atoms with E-state index in [-0.39, 0.29) is 11.9 Å². The lowest BCUT2D eigenvalue weighted by Gasteiger charge is -2.17. The summed E-state index contributed by atoms with van der Waals surface area (Å²) in [6, 6.07) is 1.93. The Bertz CT molecular complexity index is 374. The van der Waals surface area contributed by atoms with E-state index >= 15 is 0 Å². The summed E-state index contributed by atoms with van der Waals surface area (Å²) in [6.07, 6.45) is 0.816. The molecule has 88 valence electrons. The van der Waals surface area contributed by atoms with Gasteiger partial charge in [0.05, 0.1) is 11.4 Å². The fraction of sp³-hybridized carbons (Fsp3) is 0.455. The maximum atomic E-state index is 11.5. The van der Waals surface area contributed by atoms with Gasteiger partial charge in [0.15, 0.2) is 6.29 Å². The van der Waals surface area contributed by atoms with Crippen molar-refractivity contribution in [2.75, 3.05) is 18.5 Å². The van der Waals surface area contributed by atoms with E-state index in [1.165, 1.54) is 11.3 Å². The van der Waals surface area contributed by atoms with Crippen molar-refractivity contribution < 1.29 is 9.59 Å². The first kappa shape index (κ1) is 12.7. The normalized spacial score (nSPS) is 10.2. The van der Waals surface area contributed by atoms with E-state index in [2.05, 4.69) is 5.32 Å². The van der Waals surface area contributed by atoms with Gasteiger partial charge in [0.1, 0.15) is 0 Å². The number of anilines is 1. The van der Waals surface area contributed by atoms with Gasteiger partial charge in [0.25, 0.3) is 0 Å². The third kappa shape index (κ3) is 3.66. The largest absolute Gasteiger partial charge is 0.365 e. The van der Waals surface area contributed by atoms with Gasteiger partial charge in [-0.25, -0.2) is 0 Å². The number of thiophene rings is 1. The van der Waals surface area contributed by atoms with E-state index < -0.39 is 0 Å². The molecule has 0 aliphatic carbocycles. The quantitative estimate of drug-likeness (QED) is 0.794. The Morgan fingerprint density at radius 3 is 2.81 bits per heavy atom. The van der Waals surface area contributed by atoms with Gasteiger partial charge in [0, 0.05) is 24.2 Å². The van der Waals surface area contributed by atoms with Crippen LogP contribution in [0.25, 0.3) is 0 Å². The van der Waals surface area contributed by atoms with Crippen molar-refractivity contribution in [1.82, 2.24) is 5.32 Å². The van der Waals surface area contributed by atoms with Crippen LogP contribution in [-0.4, -0.2) is 31.8 Å². The lowest BCUT2D eigenvalue weighted by Crippen LogP contribution is -2.38. The molecule has 1 N–H and O–H groups in total. The predicted molar refractivity (Wildman–Crippen MR) is 66.3 cm³/mol. The molecule has 0 saturated carbocycles. The van der Waals surface area contributed by atoms with Gasteiger partial charge in [0.2, 0.25) is 5.91 Å². The first-order chi connectivity index (χ1) is 7.52. The van der Waals surface area contributed by atoms with E-state index in [9.17, 15) is 9.59 Å². The van der Waals surface area contributed by atoms with Crippen LogP contribution < -0.4 is 10.2 Å². The summed E-state index contributed by atoms with van der Waals surface area (Å²) in [5.41, 5.74) is 0.894. The zero-order valence-electron chi connectivity index (χ0n) is 9.69. The van der Waals surface area contributed by atoms with Crippen LogP contribution >= 0.6 is 11.3 Å². The number of hydrogen-bond acceptors (Lipinski definition) is 4. The van der Waals surface area contributed by atoms with E-state index in [1.54, 1.807) is 6.07 Å². The second-order valence-electron chi connectivity index (χ2n) is 3.90. The van der Waals surface area contributed by atoms with Crippen LogP contribution in [0.3, 0.4) is 0 Å². The molecule has 0 spiro atoms. The van der Waals surface area contributed by atoms with Crippen molar-refractivity contribution in [1.29, 1.82) is 0 Å². The number of likely N-dealkylation sites (N-methyl/N-ethyl adjacent to an activating group) is 1. The van der Waals surface area contributed by atoms with Crippen LogP contribution in [0.15, 0.2) is 11.4 Å². The summed E-state index contributed by atoms with van der Waals surface area (Å²) in [5.74, 6) is -0.0173. The molecule has 0 bridgehead atoms. The van der Waals surface area contributed by atoms with Gasteiger partial charge in [-0.3, -0.25) is 9.59 Å². The van der Waals surface area contributed by atoms with Crippen molar-refractivity contribution in [3.63, 3.8) is 0 Å². The number of hydrogen-bond donors (Lipinski definition) is 1. The van der Waals surface area contributed by atoms with E-state index in [4.69, 9.17) is 0 Å². The number of nitrogens with zero attached hydrogens (tertiary/aromatic N) is 1. The molecule has 1 heterocycles. The molecule has 1 amide bonds. The second kappa shape index (κ2) is 5.65. The van der Waals surface area contributed by atoms with Gasteiger partial charge in [-0.05, 0) is 19.9 Å². The Hall–Kier alpha value is -1.36. The monoisotopic (exact) mass is 240 g/mol. The molecule has 0 aliphatic rings.